The van der Waals surface area contributed by atoms with E-state index in [0.29, 0.717) is 12.5 Å². The zero-order valence-corrected chi connectivity index (χ0v) is 12.8. The van der Waals surface area contributed by atoms with Gasteiger partial charge in [0, 0.05) is 11.3 Å². The first-order valence-corrected chi connectivity index (χ1v) is 8.05. The zero-order chi connectivity index (χ0) is 14.8. The summed E-state index contributed by atoms with van der Waals surface area (Å²) >= 11 is 1.60. The van der Waals surface area contributed by atoms with Crippen molar-refractivity contribution < 1.29 is 4.79 Å². The quantitative estimate of drug-likeness (QED) is 0.892. The number of rotatable bonds is 5. The van der Waals surface area contributed by atoms with Gasteiger partial charge < -0.3 is 11.1 Å². The van der Waals surface area contributed by atoms with Gasteiger partial charge in [0.15, 0.2) is 0 Å². The molecule has 3 rings (SSSR count). The molecular formula is C16H19N3OS. The molecule has 1 saturated carbocycles. The maximum Gasteiger partial charge on any atom is 0.241 e. The Kier molecular flexibility index (Phi) is 4.03. The summed E-state index contributed by atoms with van der Waals surface area (Å²) in [6.07, 6.45) is 2.49. The van der Waals surface area contributed by atoms with Crippen molar-refractivity contribution in [3.05, 3.63) is 51.5 Å². The highest BCUT2D eigenvalue weighted by Crippen LogP contribution is 2.40. The van der Waals surface area contributed by atoms with E-state index in [1.165, 1.54) is 18.5 Å². The highest BCUT2D eigenvalue weighted by atomic mass is 32.1. The molecule has 4 nitrogen and oxygen atoms in total. The lowest BCUT2D eigenvalue weighted by molar-refractivity contribution is -0.122. The predicted molar refractivity (Wildman–Crippen MR) is 84.0 cm³/mol. The van der Waals surface area contributed by atoms with Crippen LogP contribution in [0.1, 0.15) is 46.6 Å². The largest absolute Gasteiger partial charge is 0.348 e. The van der Waals surface area contributed by atoms with Gasteiger partial charge in [-0.05, 0) is 25.3 Å². The van der Waals surface area contributed by atoms with Crippen molar-refractivity contribution in [2.75, 3.05) is 0 Å². The number of aromatic nitrogens is 1. The summed E-state index contributed by atoms with van der Waals surface area (Å²) in [5.74, 6) is 0.488. The lowest BCUT2D eigenvalue weighted by Crippen LogP contribution is -2.33. The molecular weight excluding hydrogens is 282 g/mol. The first-order chi connectivity index (χ1) is 10.1. The van der Waals surface area contributed by atoms with Gasteiger partial charge in [0.1, 0.15) is 11.0 Å². The number of nitrogens with one attached hydrogen (secondary N) is 1. The number of thiazole rings is 1. The molecule has 1 fully saturated rings. The molecule has 5 heteroatoms. The Hall–Kier alpha value is -1.72. The van der Waals surface area contributed by atoms with Crippen LogP contribution in [0, 0.1) is 6.92 Å². The van der Waals surface area contributed by atoms with Crippen LogP contribution in [0.3, 0.4) is 0 Å². The molecule has 110 valence electrons. The number of aryl methyl sites for hydroxylation is 1. The molecule has 1 heterocycles. The molecule has 3 N–H and O–H groups in total. The van der Waals surface area contributed by atoms with Crippen LogP contribution in [0.2, 0.25) is 0 Å². The highest BCUT2D eigenvalue weighted by Gasteiger charge is 2.26. The van der Waals surface area contributed by atoms with Gasteiger partial charge in [-0.1, -0.05) is 29.8 Å². The molecule has 2 aromatic rings. The van der Waals surface area contributed by atoms with Crippen molar-refractivity contribution in [3.8, 4) is 0 Å². The van der Waals surface area contributed by atoms with E-state index in [1.807, 2.05) is 31.2 Å². The SMILES string of the molecule is Cc1ccc(C(N)C(=O)NCc2nc(C3CC3)cs2)cc1. The molecule has 0 radical (unpaired) electrons. The van der Waals surface area contributed by atoms with Gasteiger partial charge in [-0.15, -0.1) is 11.3 Å². The van der Waals surface area contributed by atoms with Gasteiger partial charge >= 0.3 is 0 Å². The van der Waals surface area contributed by atoms with E-state index in [4.69, 9.17) is 5.73 Å². The van der Waals surface area contributed by atoms with Crippen LogP contribution in [0.25, 0.3) is 0 Å². The summed E-state index contributed by atoms with van der Waals surface area (Å²) in [6, 6.07) is 7.09. The number of nitrogens with two attached hydrogens (primary N) is 1. The minimum Gasteiger partial charge on any atom is -0.348 e. The van der Waals surface area contributed by atoms with E-state index < -0.39 is 6.04 Å². The molecule has 1 unspecified atom stereocenters. The van der Waals surface area contributed by atoms with Crippen LogP contribution in [0.5, 0.6) is 0 Å². The third-order valence-electron chi connectivity index (χ3n) is 3.70. The molecule has 1 amide bonds. The molecule has 0 saturated heterocycles. The Balaban J connectivity index is 1.56. The van der Waals surface area contributed by atoms with Crippen LogP contribution in [0.4, 0.5) is 0 Å². The van der Waals surface area contributed by atoms with Gasteiger partial charge in [-0.3, -0.25) is 4.79 Å². The molecule has 1 aromatic heterocycles. The third-order valence-corrected chi connectivity index (χ3v) is 4.56. The molecule has 0 aliphatic heterocycles. The second-order valence-electron chi connectivity index (χ2n) is 5.55. The van der Waals surface area contributed by atoms with Crippen molar-refractivity contribution >= 4 is 17.2 Å². The van der Waals surface area contributed by atoms with Crippen molar-refractivity contribution in [3.63, 3.8) is 0 Å². The molecule has 0 spiro atoms. The van der Waals surface area contributed by atoms with Crippen LogP contribution in [0.15, 0.2) is 29.6 Å². The Morgan fingerprint density at radius 2 is 2.14 bits per heavy atom. The van der Waals surface area contributed by atoms with Gasteiger partial charge in [0.2, 0.25) is 5.91 Å². The predicted octanol–water partition coefficient (Wildman–Crippen LogP) is 2.65. The standard InChI is InChI=1S/C16H19N3OS/c1-10-2-4-12(5-3-10)15(17)16(20)18-8-14-19-13(9-21-14)11-6-7-11/h2-5,9,11,15H,6-8,17H2,1H3,(H,18,20). The number of amides is 1. The zero-order valence-electron chi connectivity index (χ0n) is 12.0. The van der Waals surface area contributed by atoms with Crippen LogP contribution in [-0.4, -0.2) is 10.9 Å². The molecule has 1 aliphatic carbocycles. The number of hydrogen-bond acceptors (Lipinski definition) is 4. The summed E-state index contributed by atoms with van der Waals surface area (Å²) in [5.41, 5.74) is 9.14. The van der Waals surface area contributed by atoms with Crippen LogP contribution >= 0.6 is 11.3 Å². The average Bonchev–Trinajstić information content (AvgIpc) is 3.24. The number of nitrogens with zero attached hydrogens (tertiary/aromatic N) is 1. The smallest absolute Gasteiger partial charge is 0.241 e. The van der Waals surface area contributed by atoms with Crippen LogP contribution in [-0.2, 0) is 11.3 Å². The Morgan fingerprint density at radius 3 is 2.81 bits per heavy atom. The lowest BCUT2D eigenvalue weighted by Gasteiger charge is -2.12. The number of benzene rings is 1. The number of carbonyl (C=O) groups is 1. The molecule has 1 atom stereocenters. The topological polar surface area (TPSA) is 68.0 Å². The first-order valence-electron chi connectivity index (χ1n) is 7.17. The maximum absolute atomic E-state index is 12.1. The van der Waals surface area contributed by atoms with Gasteiger partial charge in [-0.25, -0.2) is 4.98 Å². The van der Waals surface area contributed by atoms with Crippen LogP contribution < -0.4 is 11.1 Å². The van der Waals surface area contributed by atoms with Gasteiger partial charge in [0.25, 0.3) is 0 Å². The maximum atomic E-state index is 12.1. The summed E-state index contributed by atoms with van der Waals surface area (Å²) in [6.45, 7) is 2.46. The van der Waals surface area contributed by atoms with Crippen molar-refractivity contribution in [2.24, 2.45) is 5.73 Å². The minimum absolute atomic E-state index is 0.165. The molecule has 1 aliphatic rings. The third kappa shape index (κ3) is 3.49. The second kappa shape index (κ2) is 5.95. The van der Waals surface area contributed by atoms with Crippen molar-refractivity contribution in [1.82, 2.24) is 10.3 Å². The van der Waals surface area contributed by atoms with Gasteiger partial charge in [0.05, 0.1) is 12.2 Å². The first kappa shape index (κ1) is 14.2. The fourth-order valence-corrected chi connectivity index (χ4v) is 2.99. The lowest BCUT2D eigenvalue weighted by atomic mass is 10.1. The minimum atomic E-state index is -0.631. The van der Waals surface area contributed by atoms with Crippen molar-refractivity contribution in [2.45, 2.75) is 38.3 Å². The second-order valence-corrected chi connectivity index (χ2v) is 6.49. The van der Waals surface area contributed by atoms with Gasteiger partial charge in [-0.2, -0.15) is 0 Å². The molecule has 21 heavy (non-hydrogen) atoms. The molecule has 1 aromatic carbocycles. The Labute approximate surface area is 128 Å². The summed E-state index contributed by atoms with van der Waals surface area (Å²) in [4.78, 5) is 16.6. The van der Waals surface area contributed by atoms with E-state index in [1.54, 1.807) is 11.3 Å². The monoisotopic (exact) mass is 301 g/mol. The van der Waals surface area contributed by atoms with E-state index in [0.717, 1.165) is 16.1 Å². The normalized spacial score (nSPS) is 15.7. The Morgan fingerprint density at radius 1 is 1.43 bits per heavy atom. The summed E-state index contributed by atoms with van der Waals surface area (Å²) in [5, 5.41) is 5.91. The fourth-order valence-electron chi connectivity index (χ4n) is 2.17. The highest BCUT2D eigenvalue weighted by molar-refractivity contribution is 7.09. The Bertz CT molecular complexity index is 631. The number of carbonyl (C=O) groups excluding carboxylic acids is 1. The van der Waals surface area contributed by atoms with E-state index in [9.17, 15) is 4.79 Å². The summed E-state index contributed by atoms with van der Waals surface area (Å²) in [7, 11) is 0. The van der Waals surface area contributed by atoms with Crippen molar-refractivity contribution in [1.29, 1.82) is 0 Å². The van der Waals surface area contributed by atoms with E-state index >= 15 is 0 Å². The van der Waals surface area contributed by atoms with E-state index in [-0.39, 0.29) is 5.91 Å². The summed E-state index contributed by atoms with van der Waals surface area (Å²) < 4.78 is 0. The molecule has 0 bridgehead atoms. The average molecular weight is 301 g/mol. The fraction of sp³-hybridized carbons (Fsp3) is 0.375. The number of hydrogen-bond donors (Lipinski definition) is 2. The van der Waals surface area contributed by atoms with E-state index in [2.05, 4.69) is 15.7 Å².